The number of carboxylic acids is 2. The summed E-state index contributed by atoms with van der Waals surface area (Å²) in [7, 11) is 0. The van der Waals surface area contributed by atoms with Gasteiger partial charge in [0.2, 0.25) is 0 Å². The number of ether oxygens (including phenoxy) is 2. The van der Waals surface area contributed by atoms with Gasteiger partial charge in [0.15, 0.2) is 0 Å². The molecular weight excluding hydrogens is 340 g/mol. The van der Waals surface area contributed by atoms with E-state index in [9.17, 15) is 14.4 Å². The number of carboxylic acid groups (broad SMARTS) is 2. The van der Waals surface area contributed by atoms with E-state index in [-0.39, 0.29) is 12.2 Å². The minimum atomic E-state index is -1.11. The molecule has 0 saturated heterocycles. The van der Waals surface area contributed by atoms with Crippen LogP contribution in [0.2, 0.25) is 0 Å². The monoisotopic (exact) mass is 362 g/mol. The highest BCUT2D eigenvalue weighted by Gasteiger charge is 2.10. The van der Waals surface area contributed by atoms with Gasteiger partial charge in [-0.05, 0) is 12.1 Å². The normalized spacial score (nSPS) is 10.8. The van der Waals surface area contributed by atoms with E-state index in [4.69, 9.17) is 19.7 Å². The lowest BCUT2D eigenvalue weighted by atomic mass is 10.0. The number of para-hydroxylation sites is 1. The van der Waals surface area contributed by atoms with Gasteiger partial charge in [-0.3, -0.25) is 0 Å². The molecule has 0 fully saturated rings. The highest BCUT2D eigenvalue weighted by Crippen LogP contribution is 2.09. The van der Waals surface area contributed by atoms with Gasteiger partial charge in [0.1, 0.15) is 19.0 Å². The molecule has 0 amide bonds. The van der Waals surface area contributed by atoms with E-state index in [1.807, 2.05) is 30.3 Å². The minimum absolute atomic E-state index is 0.0208. The molecule has 0 saturated carbocycles. The molecule has 26 heavy (non-hydrogen) atoms. The molecule has 0 bridgehead atoms. The number of carbonyl (C=O) groups excluding carboxylic acids is 1. The number of rotatable bonds is 9. The molecule has 1 aromatic carbocycles. The van der Waals surface area contributed by atoms with Crippen molar-refractivity contribution in [1.82, 2.24) is 0 Å². The molecule has 0 radical (unpaired) electrons. The Morgan fingerprint density at radius 1 is 1.15 bits per heavy atom. The Balaban J connectivity index is 0.000000488. The largest absolute Gasteiger partial charge is 0.490 e. The Morgan fingerprint density at radius 3 is 2.27 bits per heavy atom. The summed E-state index contributed by atoms with van der Waals surface area (Å²) in [5, 5.41) is 16.7. The van der Waals surface area contributed by atoms with Gasteiger partial charge in [0, 0.05) is 23.6 Å². The van der Waals surface area contributed by atoms with Crippen molar-refractivity contribution < 1.29 is 34.1 Å². The molecular formula is C19H22O7. The molecule has 0 spiro atoms. The van der Waals surface area contributed by atoms with Crippen LogP contribution in [0.5, 0.6) is 5.75 Å². The van der Waals surface area contributed by atoms with Crippen molar-refractivity contribution in [3.05, 3.63) is 67.3 Å². The predicted octanol–water partition coefficient (Wildman–Crippen LogP) is 2.70. The standard InChI is InChI=1S/C11H12O3.C8H10O4/c1-2-11(12)14-9-8-13-10-6-4-3-5-7-10;1-5(3-4-7(9)10)6(2)8(11)12/h2-7H,1,8-9H2;3-5H,2H2,1H3,(H,9,10)(H,11,12). The van der Waals surface area contributed by atoms with Crippen molar-refractivity contribution >= 4 is 17.9 Å². The van der Waals surface area contributed by atoms with E-state index < -0.39 is 23.8 Å². The van der Waals surface area contributed by atoms with Crippen LogP contribution in [-0.4, -0.2) is 41.3 Å². The third kappa shape index (κ3) is 11.2. The zero-order chi connectivity index (χ0) is 19.9. The molecule has 0 aromatic heterocycles. The van der Waals surface area contributed by atoms with Gasteiger partial charge in [0.25, 0.3) is 0 Å². The van der Waals surface area contributed by atoms with Gasteiger partial charge >= 0.3 is 17.9 Å². The van der Waals surface area contributed by atoms with Crippen molar-refractivity contribution in [2.45, 2.75) is 6.92 Å². The van der Waals surface area contributed by atoms with Crippen molar-refractivity contribution in [3.63, 3.8) is 0 Å². The second-order valence-electron chi connectivity index (χ2n) is 4.85. The van der Waals surface area contributed by atoms with E-state index in [0.717, 1.165) is 17.9 Å². The van der Waals surface area contributed by atoms with Crippen LogP contribution < -0.4 is 4.74 Å². The number of benzene rings is 1. The molecule has 140 valence electrons. The van der Waals surface area contributed by atoms with Crippen molar-refractivity contribution in [2.75, 3.05) is 13.2 Å². The summed E-state index contributed by atoms with van der Waals surface area (Å²) in [5.74, 6) is -2.33. The maximum absolute atomic E-state index is 10.6. The van der Waals surface area contributed by atoms with Crippen molar-refractivity contribution in [1.29, 1.82) is 0 Å². The molecule has 0 aliphatic heterocycles. The van der Waals surface area contributed by atoms with Crippen molar-refractivity contribution in [2.24, 2.45) is 5.92 Å². The van der Waals surface area contributed by atoms with Crippen LogP contribution in [0.25, 0.3) is 0 Å². The fourth-order valence-electron chi connectivity index (χ4n) is 1.41. The van der Waals surface area contributed by atoms with E-state index in [2.05, 4.69) is 13.2 Å². The molecule has 1 unspecified atom stereocenters. The molecule has 1 rings (SSSR count). The number of esters is 1. The van der Waals surface area contributed by atoms with Gasteiger partial charge in [-0.1, -0.05) is 44.4 Å². The summed E-state index contributed by atoms with van der Waals surface area (Å²) < 4.78 is 10.0. The molecule has 1 aromatic rings. The van der Waals surface area contributed by atoms with E-state index in [1.165, 1.54) is 6.08 Å². The first-order valence-electron chi connectivity index (χ1n) is 7.58. The molecule has 2 N–H and O–H groups in total. The zero-order valence-corrected chi connectivity index (χ0v) is 14.5. The third-order valence-corrected chi connectivity index (χ3v) is 2.86. The lowest BCUT2D eigenvalue weighted by Crippen LogP contribution is -2.09. The maximum Gasteiger partial charge on any atom is 0.331 e. The smallest absolute Gasteiger partial charge is 0.331 e. The lowest BCUT2D eigenvalue weighted by molar-refractivity contribution is -0.138. The summed E-state index contributed by atoms with van der Waals surface area (Å²) in [6.07, 6.45) is 3.31. The van der Waals surface area contributed by atoms with Gasteiger partial charge in [-0.25, -0.2) is 14.4 Å². The van der Waals surface area contributed by atoms with E-state index >= 15 is 0 Å². The van der Waals surface area contributed by atoms with Crippen molar-refractivity contribution in [3.8, 4) is 5.75 Å². The second-order valence-corrected chi connectivity index (χ2v) is 4.85. The molecule has 0 heterocycles. The van der Waals surface area contributed by atoms with Crippen LogP contribution >= 0.6 is 0 Å². The lowest BCUT2D eigenvalue weighted by Gasteiger charge is -2.05. The first kappa shape index (κ1) is 22.6. The average Bonchev–Trinajstić information content (AvgIpc) is 2.63. The van der Waals surface area contributed by atoms with Crippen LogP contribution in [-0.2, 0) is 19.1 Å². The molecule has 7 nitrogen and oxygen atoms in total. The molecule has 1 atom stereocenters. The van der Waals surface area contributed by atoms with Gasteiger partial charge < -0.3 is 19.7 Å². The molecule has 0 aliphatic carbocycles. The third-order valence-electron chi connectivity index (χ3n) is 2.86. The Morgan fingerprint density at radius 2 is 1.77 bits per heavy atom. The van der Waals surface area contributed by atoms with Gasteiger partial charge in [-0.2, -0.15) is 0 Å². The fraction of sp³-hybridized carbons (Fsp3) is 0.211. The number of hydrogen-bond acceptors (Lipinski definition) is 5. The highest BCUT2D eigenvalue weighted by atomic mass is 16.6. The predicted molar refractivity (Wildman–Crippen MR) is 95.8 cm³/mol. The zero-order valence-electron chi connectivity index (χ0n) is 14.5. The van der Waals surface area contributed by atoms with Gasteiger partial charge in [-0.15, -0.1) is 0 Å². The number of aliphatic carboxylic acids is 2. The number of allylic oxidation sites excluding steroid dienone is 1. The first-order valence-corrected chi connectivity index (χ1v) is 7.58. The first-order chi connectivity index (χ1) is 12.3. The summed E-state index contributed by atoms with van der Waals surface area (Å²) >= 11 is 0. The number of carbonyl (C=O) groups is 3. The van der Waals surface area contributed by atoms with Crippen LogP contribution in [0.3, 0.4) is 0 Å². The minimum Gasteiger partial charge on any atom is -0.490 e. The second kappa shape index (κ2) is 13.0. The SMILES string of the molecule is C=C(C(=O)O)C(C)C=CC(=O)O.C=CC(=O)OCCOc1ccccc1. The highest BCUT2D eigenvalue weighted by molar-refractivity contribution is 5.87. The summed E-state index contributed by atoms with van der Waals surface area (Å²) in [5.41, 5.74) is -0.0208. The maximum atomic E-state index is 10.6. The fourth-order valence-corrected chi connectivity index (χ4v) is 1.41. The van der Waals surface area contributed by atoms with Crippen LogP contribution in [0.4, 0.5) is 0 Å². The summed E-state index contributed by atoms with van der Waals surface area (Å²) in [6.45, 7) is 8.72. The molecule has 0 aliphatic rings. The van der Waals surface area contributed by atoms with E-state index in [0.29, 0.717) is 6.61 Å². The number of hydrogen-bond donors (Lipinski definition) is 2. The average molecular weight is 362 g/mol. The Kier molecular flexibility index (Phi) is 11.3. The summed E-state index contributed by atoms with van der Waals surface area (Å²) in [4.78, 5) is 31.0. The summed E-state index contributed by atoms with van der Waals surface area (Å²) in [6, 6.07) is 9.35. The van der Waals surface area contributed by atoms with Crippen LogP contribution in [0.15, 0.2) is 67.3 Å². The topological polar surface area (TPSA) is 110 Å². The van der Waals surface area contributed by atoms with Gasteiger partial charge in [0.05, 0.1) is 0 Å². The Bertz CT molecular complexity index is 647. The molecule has 7 heteroatoms. The Hall–Kier alpha value is -3.35. The van der Waals surface area contributed by atoms with Crippen LogP contribution in [0.1, 0.15) is 6.92 Å². The van der Waals surface area contributed by atoms with Crippen LogP contribution in [0, 0.1) is 5.92 Å². The van der Waals surface area contributed by atoms with E-state index in [1.54, 1.807) is 6.92 Å². The Labute approximate surface area is 151 Å². The quantitative estimate of drug-likeness (QED) is 0.395.